The average molecular weight is 296 g/mol. The van der Waals surface area contributed by atoms with Crippen molar-refractivity contribution in [1.29, 1.82) is 0 Å². The maximum absolute atomic E-state index is 12.0. The summed E-state index contributed by atoms with van der Waals surface area (Å²) in [5.74, 6) is 4.81. The first-order valence-corrected chi connectivity index (χ1v) is 5.87. The van der Waals surface area contributed by atoms with Crippen LogP contribution in [0.15, 0.2) is 54.6 Å². The number of hydrogen-bond donors (Lipinski definition) is 1. The van der Waals surface area contributed by atoms with Crippen molar-refractivity contribution in [2.45, 2.75) is 6.36 Å². The Hall–Kier alpha value is -2.54. The van der Waals surface area contributed by atoms with Crippen molar-refractivity contribution < 1.29 is 22.7 Å². The Morgan fingerprint density at radius 3 is 2.10 bits per heavy atom. The topological polar surface area (TPSA) is 55.6 Å². The molecule has 0 radical (unpaired) electrons. The monoisotopic (exact) mass is 296 g/mol. The lowest BCUT2D eigenvalue weighted by atomic mass is 10.2. The molecule has 0 saturated heterocycles. The third-order valence-corrected chi connectivity index (χ3v) is 2.59. The molecule has 0 bridgehead atoms. The first-order chi connectivity index (χ1) is 9.87. The number of alkyl halides is 3. The van der Waals surface area contributed by atoms with Crippen LogP contribution in [0.2, 0.25) is 0 Å². The Morgan fingerprint density at radius 1 is 1.00 bits per heavy atom. The van der Waals surface area contributed by atoms with Gasteiger partial charge in [0.25, 0.3) is 5.91 Å². The second-order valence-corrected chi connectivity index (χ2v) is 4.08. The molecule has 0 aliphatic rings. The van der Waals surface area contributed by atoms with E-state index in [2.05, 4.69) is 4.74 Å². The van der Waals surface area contributed by atoms with Crippen molar-refractivity contribution in [1.82, 2.24) is 0 Å². The van der Waals surface area contributed by atoms with Crippen LogP contribution < -0.4 is 15.6 Å². The number of benzene rings is 2. The van der Waals surface area contributed by atoms with E-state index in [9.17, 15) is 18.0 Å². The van der Waals surface area contributed by atoms with Crippen LogP contribution in [0.1, 0.15) is 10.4 Å². The molecule has 2 N–H and O–H groups in total. The van der Waals surface area contributed by atoms with Gasteiger partial charge in [0.15, 0.2) is 0 Å². The lowest BCUT2D eigenvalue weighted by Gasteiger charge is -2.17. The molecule has 1 amide bonds. The number of halogens is 3. The Bertz CT molecular complexity index is 612. The molecule has 0 heterocycles. The lowest BCUT2D eigenvalue weighted by Crippen LogP contribution is -2.37. The normalized spacial score (nSPS) is 11.0. The highest BCUT2D eigenvalue weighted by Crippen LogP contribution is 2.25. The summed E-state index contributed by atoms with van der Waals surface area (Å²) >= 11 is 0. The number of hydrazine groups is 1. The fraction of sp³-hybridized carbons (Fsp3) is 0.0714. The number of carbonyl (C=O) groups excluding carboxylic acids is 1. The summed E-state index contributed by atoms with van der Waals surface area (Å²) in [6, 6.07) is 13.0. The number of carbonyl (C=O) groups is 1. The van der Waals surface area contributed by atoms with Crippen molar-refractivity contribution in [2.75, 3.05) is 5.01 Å². The highest BCUT2D eigenvalue weighted by Gasteiger charge is 2.31. The number of hydrogen-bond acceptors (Lipinski definition) is 3. The van der Waals surface area contributed by atoms with Crippen molar-refractivity contribution in [3.05, 3.63) is 60.2 Å². The predicted molar refractivity (Wildman–Crippen MR) is 70.6 cm³/mol. The molecule has 0 aliphatic heterocycles. The van der Waals surface area contributed by atoms with Gasteiger partial charge in [-0.2, -0.15) is 0 Å². The van der Waals surface area contributed by atoms with Crippen molar-refractivity contribution >= 4 is 11.6 Å². The molecule has 0 spiro atoms. The van der Waals surface area contributed by atoms with Gasteiger partial charge in [-0.3, -0.25) is 4.79 Å². The fourth-order valence-electron chi connectivity index (χ4n) is 1.65. The standard InChI is InChI=1S/C14H11F3N2O2/c15-14(16,17)21-12-8-6-11(7-9-12)19(18)13(20)10-4-2-1-3-5-10/h1-9H,18H2. The summed E-state index contributed by atoms with van der Waals surface area (Å²) < 4.78 is 39.9. The van der Waals surface area contributed by atoms with Gasteiger partial charge in [-0.05, 0) is 36.4 Å². The Labute approximate surface area is 118 Å². The van der Waals surface area contributed by atoms with Crippen LogP contribution in [0, 0.1) is 0 Å². The molecule has 21 heavy (non-hydrogen) atoms. The average Bonchev–Trinajstić information content (AvgIpc) is 2.46. The van der Waals surface area contributed by atoms with E-state index in [1.54, 1.807) is 30.3 Å². The molecule has 0 atom stereocenters. The van der Waals surface area contributed by atoms with E-state index in [4.69, 9.17) is 5.84 Å². The molecule has 4 nitrogen and oxygen atoms in total. The number of rotatable bonds is 3. The Balaban J connectivity index is 2.13. The summed E-state index contributed by atoms with van der Waals surface area (Å²) in [4.78, 5) is 12.0. The molecule has 2 rings (SSSR count). The third kappa shape index (κ3) is 3.96. The van der Waals surface area contributed by atoms with E-state index in [0.29, 0.717) is 5.56 Å². The fourth-order valence-corrected chi connectivity index (χ4v) is 1.65. The second-order valence-electron chi connectivity index (χ2n) is 4.08. The summed E-state index contributed by atoms with van der Waals surface area (Å²) in [5.41, 5.74) is 0.619. The van der Waals surface area contributed by atoms with E-state index >= 15 is 0 Å². The molecule has 2 aromatic carbocycles. The highest BCUT2D eigenvalue weighted by molar-refractivity contribution is 6.05. The van der Waals surface area contributed by atoms with Gasteiger partial charge in [-0.25, -0.2) is 10.9 Å². The van der Waals surface area contributed by atoms with Crippen LogP contribution in [0.5, 0.6) is 5.75 Å². The zero-order valence-corrected chi connectivity index (χ0v) is 10.7. The first kappa shape index (κ1) is 14.9. The van der Waals surface area contributed by atoms with E-state index in [1.807, 2.05) is 0 Å². The first-order valence-electron chi connectivity index (χ1n) is 5.87. The van der Waals surface area contributed by atoms with Crippen LogP contribution in [-0.4, -0.2) is 12.3 Å². The largest absolute Gasteiger partial charge is 0.573 e. The highest BCUT2D eigenvalue weighted by atomic mass is 19.4. The van der Waals surface area contributed by atoms with Gasteiger partial charge in [0, 0.05) is 5.56 Å². The predicted octanol–water partition coefficient (Wildman–Crippen LogP) is 3.11. The number of amides is 1. The minimum atomic E-state index is -4.76. The van der Waals surface area contributed by atoms with Crippen molar-refractivity contribution in [3.63, 3.8) is 0 Å². The number of ether oxygens (including phenoxy) is 1. The summed E-state index contributed by atoms with van der Waals surface area (Å²) in [6.45, 7) is 0. The summed E-state index contributed by atoms with van der Waals surface area (Å²) in [5, 5.41) is 0.854. The molecule has 0 fully saturated rings. The van der Waals surface area contributed by atoms with Crippen LogP contribution in [0.25, 0.3) is 0 Å². The quantitative estimate of drug-likeness (QED) is 0.538. The number of nitrogens with two attached hydrogens (primary N) is 1. The van der Waals surface area contributed by atoms with Crippen LogP contribution in [0.3, 0.4) is 0 Å². The zero-order chi connectivity index (χ0) is 15.5. The van der Waals surface area contributed by atoms with Gasteiger partial charge in [-0.1, -0.05) is 18.2 Å². The SMILES string of the molecule is NN(C(=O)c1ccccc1)c1ccc(OC(F)(F)F)cc1. The summed E-state index contributed by atoms with van der Waals surface area (Å²) in [6.07, 6.45) is -4.76. The smallest absolute Gasteiger partial charge is 0.406 e. The van der Waals surface area contributed by atoms with E-state index < -0.39 is 12.3 Å². The maximum atomic E-state index is 12.0. The molecule has 2 aromatic rings. The molecular formula is C14H11F3N2O2. The molecule has 0 aliphatic carbocycles. The van der Waals surface area contributed by atoms with Gasteiger partial charge in [0.1, 0.15) is 5.75 Å². The van der Waals surface area contributed by atoms with Crippen LogP contribution in [0.4, 0.5) is 18.9 Å². The van der Waals surface area contributed by atoms with Gasteiger partial charge < -0.3 is 4.74 Å². The van der Waals surface area contributed by atoms with E-state index in [0.717, 1.165) is 17.1 Å². The minimum absolute atomic E-state index is 0.248. The van der Waals surface area contributed by atoms with E-state index in [1.165, 1.54) is 12.1 Å². The zero-order valence-electron chi connectivity index (χ0n) is 10.7. The number of anilines is 1. The van der Waals surface area contributed by atoms with Gasteiger partial charge in [0.05, 0.1) is 5.69 Å². The van der Waals surface area contributed by atoms with Crippen molar-refractivity contribution in [2.24, 2.45) is 5.84 Å². The lowest BCUT2D eigenvalue weighted by molar-refractivity contribution is -0.274. The summed E-state index contributed by atoms with van der Waals surface area (Å²) in [7, 11) is 0. The molecule has 0 unspecified atom stereocenters. The molecular weight excluding hydrogens is 285 g/mol. The molecule has 7 heteroatoms. The second kappa shape index (κ2) is 5.84. The van der Waals surface area contributed by atoms with E-state index in [-0.39, 0.29) is 11.4 Å². The third-order valence-electron chi connectivity index (χ3n) is 2.59. The minimum Gasteiger partial charge on any atom is -0.406 e. The van der Waals surface area contributed by atoms with Gasteiger partial charge in [-0.15, -0.1) is 13.2 Å². The van der Waals surface area contributed by atoms with Gasteiger partial charge >= 0.3 is 6.36 Å². The Kier molecular flexibility index (Phi) is 4.13. The Morgan fingerprint density at radius 2 is 1.57 bits per heavy atom. The molecule has 110 valence electrons. The molecule has 0 saturated carbocycles. The number of nitrogens with zero attached hydrogens (tertiary/aromatic N) is 1. The van der Waals surface area contributed by atoms with Crippen LogP contribution >= 0.6 is 0 Å². The van der Waals surface area contributed by atoms with Crippen molar-refractivity contribution in [3.8, 4) is 5.75 Å². The maximum Gasteiger partial charge on any atom is 0.573 e. The van der Waals surface area contributed by atoms with Gasteiger partial charge in [0.2, 0.25) is 0 Å². The molecule has 0 aromatic heterocycles. The van der Waals surface area contributed by atoms with Crippen LogP contribution in [-0.2, 0) is 0 Å².